The molecule has 0 spiro atoms. The molecule has 1 heterocycles. The predicted octanol–water partition coefficient (Wildman–Crippen LogP) is 2.18. The molecule has 0 aliphatic carbocycles. The Morgan fingerprint density at radius 1 is 1.32 bits per heavy atom. The Morgan fingerprint density at radius 3 is 2.74 bits per heavy atom. The summed E-state index contributed by atoms with van der Waals surface area (Å²) in [5, 5.41) is 9.00. The standard InChI is InChI=1S/C15H14N2O2/c1-11-9-12(14(10-16)15(18)17-11)7-8-19-13-5-3-2-4-6-13/h2-6,9H,7-8H2,1H3,(H,17,18). The number of ether oxygens (including phenoxy) is 1. The van der Waals surface area contributed by atoms with E-state index in [2.05, 4.69) is 4.98 Å². The molecule has 4 heteroatoms. The molecule has 0 radical (unpaired) electrons. The predicted molar refractivity (Wildman–Crippen MR) is 72.2 cm³/mol. The SMILES string of the molecule is Cc1cc(CCOc2ccccc2)c(C#N)c(=O)[nH]1. The lowest BCUT2D eigenvalue weighted by molar-refractivity contribution is 0.322. The second-order valence-electron chi connectivity index (χ2n) is 4.21. The van der Waals surface area contributed by atoms with Gasteiger partial charge in [0.15, 0.2) is 0 Å². The van der Waals surface area contributed by atoms with Gasteiger partial charge < -0.3 is 9.72 Å². The van der Waals surface area contributed by atoms with Crippen LogP contribution in [-0.2, 0) is 6.42 Å². The summed E-state index contributed by atoms with van der Waals surface area (Å²) >= 11 is 0. The fourth-order valence-electron chi connectivity index (χ4n) is 1.87. The van der Waals surface area contributed by atoms with Gasteiger partial charge in [-0.3, -0.25) is 4.79 Å². The van der Waals surface area contributed by atoms with Crippen LogP contribution >= 0.6 is 0 Å². The first-order chi connectivity index (χ1) is 9.20. The van der Waals surface area contributed by atoms with Crippen molar-refractivity contribution in [2.45, 2.75) is 13.3 Å². The van der Waals surface area contributed by atoms with Gasteiger partial charge in [-0.25, -0.2) is 0 Å². The Morgan fingerprint density at radius 2 is 2.05 bits per heavy atom. The molecule has 0 atom stereocenters. The topological polar surface area (TPSA) is 65.9 Å². The van der Waals surface area contributed by atoms with Crippen molar-refractivity contribution in [2.75, 3.05) is 6.61 Å². The minimum Gasteiger partial charge on any atom is -0.493 e. The fourth-order valence-corrected chi connectivity index (χ4v) is 1.87. The molecule has 0 saturated heterocycles. The van der Waals surface area contributed by atoms with Gasteiger partial charge in [-0.2, -0.15) is 5.26 Å². The van der Waals surface area contributed by atoms with Crippen LogP contribution in [0.15, 0.2) is 41.2 Å². The first kappa shape index (κ1) is 12.9. The molecule has 2 aromatic rings. The number of H-pyrrole nitrogens is 1. The summed E-state index contributed by atoms with van der Waals surface area (Å²) in [5.41, 5.74) is 1.30. The van der Waals surface area contributed by atoms with Gasteiger partial charge in [0.2, 0.25) is 0 Å². The fraction of sp³-hybridized carbons (Fsp3) is 0.200. The number of hydrogen-bond acceptors (Lipinski definition) is 3. The largest absolute Gasteiger partial charge is 0.493 e. The lowest BCUT2D eigenvalue weighted by Crippen LogP contribution is -2.16. The summed E-state index contributed by atoms with van der Waals surface area (Å²) < 4.78 is 5.57. The third-order valence-electron chi connectivity index (χ3n) is 2.74. The van der Waals surface area contributed by atoms with E-state index in [-0.39, 0.29) is 11.1 Å². The molecule has 0 fully saturated rings. The molecule has 0 aliphatic heterocycles. The molecule has 0 bridgehead atoms. The maximum atomic E-state index is 11.6. The molecule has 1 N–H and O–H groups in total. The molecule has 2 rings (SSSR count). The van der Waals surface area contributed by atoms with Crippen LogP contribution in [0.5, 0.6) is 5.75 Å². The van der Waals surface area contributed by atoms with E-state index in [1.54, 1.807) is 6.92 Å². The highest BCUT2D eigenvalue weighted by Crippen LogP contribution is 2.10. The molecule has 0 unspecified atom stereocenters. The average Bonchev–Trinajstić information content (AvgIpc) is 2.39. The van der Waals surface area contributed by atoms with Crippen LogP contribution in [-0.4, -0.2) is 11.6 Å². The Bertz CT molecular complexity index is 654. The van der Waals surface area contributed by atoms with E-state index in [0.717, 1.165) is 17.0 Å². The molecular weight excluding hydrogens is 240 g/mol. The number of benzene rings is 1. The lowest BCUT2D eigenvalue weighted by Gasteiger charge is -2.07. The van der Waals surface area contributed by atoms with Crippen molar-refractivity contribution < 1.29 is 4.74 Å². The van der Waals surface area contributed by atoms with E-state index in [1.807, 2.05) is 42.5 Å². The minimum absolute atomic E-state index is 0.169. The number of nitriles is 1. The van der Waals surface area contributed by atoms with Crippen LogP contribution in [0.1, 0.15) is 16.8 Å². The van der Waals surface area contributed by atoms with Gasteiger partial charge >= 0.3 is 0 Å². The summed E-state index contributed by atoms with van der Waals surface area (Å²) in [6.07, 6.45) is 0.530. The van der Waals surface area contributed by atoms with Crippen molar-refractivity contribution in [1.29, 1.82) is 5.26 Å². The molecule has 0 saturated carbocycles. The number of rotatable bonds is 4. The van der Waals surface area contributed by atoms with Crippen molar-refractivity contribution in [3.05, 3.63) is 63.6 Å². The number of para-hydroxylation sites is 1. The van der Waals surface area contributed by atoms with Crippen LogP contribution in [0.4, 0.5) is 0 Å². The molecule has 4 nitrogen and oxygen atoms in total. The first-order valence-electron chi connectivity index (χ1n) is 6.01. The Labute approximate surface area is 111 Å². The summed E-state index contributed by atoms with van der Waals surface area (Å²) in [5.74, 6) is 0.780. The van der Waals surface area contributed by atoms with Crippen molar-refractivity contribution >= 4 is 0 Å². The van der Waals surface area contributed by atoms with E-state index in [0.29, 0.717) is 13.0 Å². The van der Waals surface area contributed by atoms with E-state index >= 15 is 0 Å². The summed E-state index contributed by atoms with van der Waals surface area (Å²) in [7, 11) is 0. The normalized spacial score (nSPS) is 9.89. The van der Waals surface area contributed by atoms with E-state index in [9.17, 15) is 4.79 Å². The molecule has 96 valence electrons. The number of aromatic amines is 1. The number of aryl methyl sites for hydroxylation is 1. The molecular formula is C15H14N2O2. The minimum atomic E-state index is -0.336. The quantitative estimate of drug-likeness (QED) is 0.909. The third kappa shape index (κ3) is 3.23. The number of hydrogen-bond donors (Lipinski definition) is 1. The van der Waals surface area contributed by atoms with Gasteiger partial charge in [0.1, 0.15) is 17.4 Å². The Hall–Kier alpha value is -2.54. The number of nitrogens with zero attached hydrogens (tertiary/aromatic N) is 1. The molecule has 1 aromatic heterocycles. The van der Waals surface area contributed by atoms with Gasteiger partial charge in [0.25, 0.3) is 5.56 Å². The van der Waals surface area contributed by atoms with E-state index < -0.39 is 0 Å². The van der Waals surface area contributed by atoms with Gasteiger partial charge in [0.05, 0.1) is 6.61 Å². The second-order valence-corrected chi connectivity index (χ2v) is 4.21. The maximum Gasteiger partial charge on any atom is 0.266 e. The van der Waals surface area contributed by atoms with Gasteiger partial charge in [-0.15, -0.1) is 0 Å². The Kier molecular flexibility index (Phi) is 3.99. The smallest absolute Gasteiger partial charge is 0.266 e. The number of nitrogens with one attached hydrogen (secondary N) is 1. The van der Waals surface area contributed by atoms with E-state index in [1.165, 1.54) is 0 Å². The average molecular weight is 254 g/mol. The van der Waals surface area contributed by atoms with Gasteiger partial charge in [-0.1, -0.05) is 18.2 Å². The molecule has 0 aliphatic rings. The van der Waals surface area contributed by atoms with Crippen molar-refractivity contribution in [2.24, 2.45) is 0 Å². The van der Waals surface area contributed by atoms with Crippen molar-refractivity contribution in [3.8, 4) is 11.8 Å². The zero-order valence-electron chi connectivity index (χ0n) is 10.6. The summed E-state index contributed by atoms with van der Waals surface area (Å²) in [6, 6.07) is 13.2. The zero-order valence-corrected chi connectivity index (χ0v) is 10.6. The van der Waals surface area contributed by atoms with Crippen LogP contribution in [0, 0.1) is 18.3 Å². The molecule has 19 heavy (non-hydrogen) atoms. The van der Waals surface area contributed by atoms with Gasteiger partial charge in [-0.05, 0) is 30.7 Å². The number of aromatic nitrogens is 1. The second kappa shape index (κ2) is 5.87. The third-order valence-corrected chi connectivity index (χ3v) is 2.74. The highest BCUT2D eigenvalue weighted by Gasteiger charge is 2.07. The van der Waals surface area contributed by atoms with Crippen LogP contribution in [0.3, 0.4) is 0 Å². The monoisotopic (exact) mass is 254 g/mol. The molecule has 0 amide bonds. The van der Waals surface area contributed by atoms with Crippen LogP contribution in [0.2, 0.25) is 0 Å². The molecule has 1 aromatic carbocycles. The summed E-state index contributed by atoms with van der Waals surface area (Å²) in [4.78, 5) is 14.2. The number of pyridine rings is 1. The van der Waals surface area contributed by atoms with Gasteiger partial charge in [0, 0.05) is 12.1 Å². The van der Waals surface area contributed by atoms with Crippen LogP contribution < -0.4 is 10.3 Å². The van der Waals surface area contributed by atoms with Crippen molar-refractivity contribution in [3.63, 3.8) is 0 Å². The maximum absolute atomic E-state index is 11.6. The zero-order chi connectivity index (χ0) is 13.7. The lowest BCUT2D eigenvalue weighted by atomic mass is 10.1. The first-order valence-corrected chi connectivity index (χ1v) is 6.01. The summed E-state index contributed by atoms with van der Waals surface area (Å²) in [6.45, 7) is 2.23. The highest BCUT2D eigenvalue weighted by atomic mass is 16.5. The Balaban J connectivity index is 2.08. The van der Waals surface area contributed by atoms with Crippen LogP contribution in [0.25, 0.3) is 0 Å². The highest BCUT2D eigenvalue weighted by molar-refractivity contribution is 5.36. The van der Waals surface area contributed by atoms with E-state index in [4.69, 9.17) is 10.00 Å². The van der Waals surface area contributed by atoms with Crippen molar-refractivity contribution in [1.82, 2.24) is 4.98 Å².